The van der Waals surface area contributed by atoms with Crippen LogP contribution in [0, 0.1) is 5.82 Å². The summed E-state index contributed by atoms with van der Waals surface area (Å²) in [7, 11) is 0. The number of anilines is 3. The number of halogens is 3. The second-order valence-electron chi connectivity index (χ2n) is 4.56. The van der Waals surface area contributed by atoms with Gasteiger partial charge < -0.3 is 11.1 Å². The van der Waals surface area contributed by atoms with Crippen molar-refractivity contribution in [2.45, 2.75) is 19.8 Å². The average Bonchev–Trinajstić information content (AvgIpc) is 2.33. The van der Waals surface area contributed by atoms with Gasteiger partial charge in [-0.25, -0.2) is 14.4 Å². The quantitative estimate of drug-likeness (QED) is 0.848. The monoisotopic (exact) mass is 358 g/mol. The average molecular weight is 360 g/mol. The first-order valence-electron chi connectivity index (χ1n) is 5.93. The van der Waals surface area contributed by atoms with Crippen molar-refractivity contribution in [2.24, 2.45) is 0 Å². The summed E-state index contributed by atoms with van der Waals surface area (Å²) >= 11 is 9.28. The maximum absolute atomic E-state index is 13.2. The molecule has 2 rings (SSSR count). The van der Waals surface area contributed by atoms with Crippen LogP contribution in [0.25, 0.3) is 0 Å². The van der Waals surface area contributed by atoms with E-state index in [1.807, 2.05) is 13.8 Å². The Morgan fingerprint density at radius 3 is 2.60 bits per heavy atom. The fourth-order valence-corrected chi connectivity index (χ4v) is 2.50. The number of hydrogen-bond donors (Lipinski definition) is 2. The molecule has 0 aliphatic carbocycles. The Kier molecular flexibility index (Phi) is 4.45. The number of benzene rings is 1. The van der Waals surface area contributed by atoms with Crippen molar-refractivity contribution in [1.29, 1.82) is 0 Å². The molecule has 1 aromatic carbocycles. The summed E-state index contributed by atoms with van der Waals surface area (Å²) in [6.07, 6.45) is 0. The molecular weight excluding hydrogens is 347 g/mol. The molecule has 0 atom stereocenters. The minimum absolute atomic E-state index is 0.145. The van der Waals surface area contributed by atoms with Crippen molar-refractivity contribution < 1.29 is 4.39 Å². The van der Waals surface area contributed by atoms with Gasteiger partial charge in [0.1, 0.15) is 23.3 Å². The molecule has 0 spiro atoms. The molecule has 0 bridgehead atoms. The highest BCUT2D eigenvalue weighted by Crippen LogP contribution is 2.34. The molecule has 0 unspecified atom stereocenters. The lowest BCUT2D eigenvalue weighted by Crippen LogP contribution is -2.05. The molecule has 0 amide bonds. The third-order valence-electron chi connectivity index (χ3n) is 2.54. The molecule has 0 fully saturated rings. The van der Waals surface area contributed by atoms with Gasteiger partial charge in [-0.1, -0.05) is 25.4 Å². The van der Waals surface area contributed by atoms with Gasteiger partial charge in [-0.05, 0) is 28.1 Å². The van der Waals surface area contributed by atoms with Gasteiger partial charge in [-0.3, -0.25) is 0 Å². The molecule has 3 N–H and O–H groups in total. The fourth-order valence-electron chi connectivity index (χ4n) is 1.60. The zero-order valence-electron chi connectivity index (χ0n) is 10.9. The number of hydrogen-bond acceptors (Lipinski definition) is 4. The first-order chi connectivity index (χ1) is 9.36. The van der Waals surface area contributed by atoms with Crippen molar-refractivity contribution in [3.8, 4) is 0 Å². The Morgan fingerprint density at radius 1 is 1.30 bits per heavy atom. The lowest BCUT2D eigenvalue weighted by atomic mass is 10.2. The van der Waals surface area contributed by atoms with E-state index in [1.165, 1.54) is 12.1 Å². The van der Waals surface area contributed by atoms with Crippen molar-refractivity contribution in [3.63, 3.8) is 0 Å². The van der Waals surface area contributed by atoms with Crippen LogP contribution >= 0.6 is 27.5 Å². The first-order valence-corrected chi connectivity index (χ1v) is 7.10. The Balaban J connectivity index is 2.40. The molecule has 1 aromatic heterocycles. The van der Waals surface area contributed by atoms with Gasteiger partial charge in [-0.15, -0.1) is 0 Å². The molecule has 0 saturated carbocycles. The Bertz CT molecular complexity index is 625. The van der Waals surface area contributed by atoms with Gasteiger partial charge >= 0.3 is 0 Å². The number of nitrogen functional groups attached to an aromatic ring is 1. The molecule has 2 aromatic rings. The molecule has 0 aliphatic rings. The normalized spacial score (nSPS) is 10.9. The van der Waals surface area contributed by atoms with Crippen molar-refractivity contribution in [1.82, 2.24) is 9.97 Å². The van der Waals surface area contributed by atoms with Crippen molar-refractivity contribution >= 4 is 44.9 Å². The largest absolute Gasteiger partial charge is 0.384 e. The summed E-state index contributed by atoms with van der Waals surface area (Å²) in [6.45, 7) is 3.94. The second-order valence-corrected chi connectivity index (χ2v) is 5.82. The van der Waals surface area contributed by atoms with E-state index in [-0.39, 0.29) is 10.9 Å². The zero-order valence-corrected chi connectivity index (χ0v) is 13.3. The Hall–Kier alpha value is -1.40. The predicted octanol–water partition coefficient (Wildman–Crippen LogP) is 4.48. The van der Waals surface area contributed by atoms with Gasteiger partial charge in [-0.2, -0.15) is 0 Å². The van der Waals surface area contributed by atoms with Crippen LogP contribution in [0.2, 0.25) is 5.02 Å². The summed E-state index contributed by atoms with van der Waals surface area (Å²) < 4.78 is 13.7. The molecule has 1 heterocycles. The van der Waals surface area contributed by atoms with Crippen LogP contribution in [0.5, 0.6) is 0 Å². The summed E-state index contributed by atoms with van der Waals surface area (Å²) in [5.41, 5.74) is 6.28. The van der Waals surface area contributed by atoms with Gasteiger partial charge in [0.2, 0.25) is 0 Å². The van der Waals surface area contributed by atoms with Gasteiger partial charge in [0.15, 0.2) is 0 Å². The first kappa shape index (κ1) is 15.0. The number of nitrogens with zero attached hydrogens (tertiary/aromatic N) is 2. The number of nitrogens with one attached hydrogen (secondary N) is 1. The highest BCUT2D eigenvalue weighted by molar-refractivity contribution is 9.10. The van der Waals surface area contributed by atoms with E-state index in [2.05, 4.69) is 31.2 Å². The molecular formula is C13H13BrClFN4. The van der Waals surface area contributed by atoms with E-state index >= 15 is 0 Å². The van der Waals surface area contributed by atoms with Crippen LogP contribution in [0.1, 0.15) is 25.6 Å². The highest BCUT2D eigenvalue weighted by Gasteiger charge is 2.11. The fraction of sp³-hybridized carbons (Fsp3) is 0.231. The Morgan fingerprint density at radius 2 is 2.00 bits per heavy atom. The molecule has 0 radical (unpaired) electrons. The van der Waals surface area contributed by atoms with Crippen molar-refractivity contribution in [3.05, 3.63) is 39.3 Å². The van der Waals surface area contributed by atoms with Crippen LogP contribution in [0.15, 0.2) is 22.7 Å². The van der Waals surface area contributed by atoms with E-state index in [1.54, 1.807) is 6.07 Å². The van der Waals surface area contributed by atoms with Gasteiger partial charge in [0, 0.05) is 16.5 Å². The van der Waals surface area contributed by atoms with Crippen molar-refractivity contribution in [2.75, 3.05) is 11.1 Å². The molecule has 106 valence electrons. The topological polar surface area (TPSA) is 63.8 Å². The van der Waals surface area contributed by atoms with Gasteiger partial charge in [0.05, 0.1) is 10.7 Å². The highest BCUT2D eigenvalue weighted by atomic mass is 79.9. The van der Waals surface area contributed by atoms with Crippen LogP contribution in [0.3, 0.4) is 0 Å². The van der Waals surface area contributed by atoms with E-state index in [0.717, 1.165) is 0 Å². The molecule has 20 heavy (non-hydrogen) atoms. The Labute approximate surface area is 129 Å². The van der Waals surface area contributed by atoms with Crippen LogP contribution in [-0.2, 0) is 0 Å². The number of nitrogens with two attached hydrogens (primary N) is 1. The maximum atomic E-state index is 13.2. The third-order valence-corrected chi connectivity index (χ3v) is 3.46. The number of aromatic nitrogens is 2. The molecule has 4 nitrogen and oxygen atoms in total. The van der Waals surface area contributed by atoms with E-state index in [4.69, 9.17) is 17.3 Å². The predicted molar refractivity (Wildman–Crippen MR) is 82.9 cm³/mol. The maximum Gasteiger partial charge on any atom is 0.136 e. The molecule has 0 aliphatic heterocycles. The second kappa shape index (κ2) is 5.93. The molecule has 7 heteroatoms. The van der Waals surface area contributed by atoms with Crippen LogP contribution in [0.4, 0.5) is 21.7 Å². The lowest BCUT2D eigenvalue weighted by Gasteiger charge is -2.12. The summed E-state index contributed by atoms with van der Waals surface area (Å²) in [5.74, 6) is 1.22. The SMILES string of the molecule is CC(C)c1nc(N)cc(Nc2c(Cl)cc(F)cc2Br)n1. The van der Waals surface area contributed by atoms with E-state index < -0.39 is 5.82 Å². The molecule has 0 saturated heterocycles. The van der Waals surface area contributed by atoms with Crippen LogP contribution in [-0.4, -0.2) is 9.97 Å². The van der Waals surface area contributed by atoms with Gasteiger partial charge in [0.25, 0.3) is 0 Å². The van der Waals surface area contributed by atoms with E-state index in [9.17, 15) is 4.39 Å². The lowest BCUT2D eigenvalue weighted by molar-refractivity contribution is 0.627. The number of rotatable bonds is 3. The summed E-state index contributed by atoms with van der Waals surface area (Å²) in [4.78, 5) is 8.51. The summed E-state index contributed by atoms with van der Waals surface area (Å²) in [5, 5.41) is 3.28. The standard InChI is InChI=1S/C13H13BrClFN4/c1-6(2)13-18-10(17)5-11(20-13)19-12-8(14)3-7(16)4-9(12)15/h3-6H,1-2H3,(H3,17,18,19,20). The summed E-state index contributed by atoms with van der Waals surface area (Å²) in [6, 6.07) is 4.14. The minimum atomic E-state index is -0.419. The van der Waals surface area contributed by atoms with E-state index in [0.29, 0.717) is 27.6 Å². The minimum Gasteiger partial charge on any atom is -0.384 e. The third kappa shape index (κ3) is 3.37. The smallest absolute Gasteiger partial charge is 0.136 e. The van der Waals surface area contributed by atoms with Crippen LogP contribution < -0.4 is 11.1 Å². The zero-order chi connectivity index (χ0) is 14.9.